The Kier molecular flexibility index (Phi) is 2.53. The smallest absolute Gasteiger partial charge is 0.141 e. The van der Waals surface area contributed by atoms with Crippen molar-refractivity contribution < 1.29 is 4.74 Å². The Morgan fingerprint density at radius 2 is 2.55 bits per heavy atom. The van der Waals surface area contributed by atoms with Gasteiger partial charge in [-0.25, -0.2) is 0 Å². The number of hydrogen-bond donors (Lipinski definition) is 1. The number of nitrogens with one attached hydrogen (secondary N) is 1. The summed E-state index contributed by atoms with van der Waals surface area (Å²) in [6.07, 6.45) is 7.77. The maximum atomic E-state index is 5.64. The fourth-order valence-electron chi connectivity index (χ4n) is 1.51. The minimum Gasteiger partial charge on any atom is -0.358 e. The molecule has 0 bridgehead atoms. The van der Waals surface area contributed by atoms with E-state index in [4.69, 9.17) is 11.2 Å². The number of hydrogen-bond acceptors (Lipinski definition) is 2. The maximum Gasteiger partial charge on any atom is 0.141 e. The van der Waals surface area contributed by atoms with E-state index in [2.05, 4.69) is 18.2 Å². The van der Waals surface area contributed by atoms with E-state index in [-0.39, 0.29) is 5.60 Å². The quantitative estimate of drug-likeness (QED) is 0.592. The van der Waals surface area contributed by atoms with Crippen molar-refractivity contribution in [1.29, 1.82) is 0 Å². The molecule has 1 N–H and O–H groups in total. The molecule has 1 fully saturated rings. The minimum absolute atomic E-state index is 0.319. The van der Waals surface area contributed by atoms with Gasteiger partial charge in [0.25, 0.3) is 0 Å². The Bertz CT molecular complexity index is 169. The lowest BCUT2D eigenvalue weighted by molar-refractivity contribution is 0.00983. The second-order valence-corrected chi connectivity index (χ2v) is 3.14. The number of terminal acetylenes is 1. The summed E-state index contributed by atoms with van der Waals surface area (Å²) in [7, 11) is 1.89. The molecule has 1 heterocycles. The normalized spacial score (nSPS) is 37.0. The van der Waals surface area contributed by atoms with Gasteiger partial charge in [-0.2, -0.15) is 0 Å². The lowest BCUT2D eigenvalue weighted by atomic mass is 10.0. The molecule has 0 aliphatic carbocycles. The number of ether oxygens (including phenoxy) is 1. The first-order chi connectivity index (χ1) is 5.22. The van der Waals surface area contributed by atoms with E-state index in [0.717, 1.165) is 19.4 Å². The first-order valence-corrected chi connectivity index (χ1v) is 4.02. The van der Waals surface area contributed by atoms with Crippen molar-refractivity contribution in [2.24, 2.45) is 0 Å². The van der Waals surface area contributed by atoms with E-state index in [1.165, 1.54) is 0 Å². The first-order valence-electron chi connectivity index (χ1n) is 4.02. The van der Waals surface area contributed by atoms with Crippen LogP contribution in [0, 0.1) is 12.3 Å². The van der Waals surface area contributed by atoms with Crippen LogP contribution in [-0.4, -0.2) is 25.3 Å². The van der Waals surface area contributed by atoms with Crippen molar-refractivity contribution in [2.75, 3.05) is 13.6 Å². The molecule has 0 aromatic rings. The molecule has 1 rings (SSSR count). The van der Waals surface area contributed by atoms with Gasteiger partial charge in [0.15, 0.2) is 0 Å². The summed E-state index contributed by atoms with van der Waals surface area (Å²) in [6.45, 7) is 2.82. The molecule has 2 unspecified atom stereocenters. The lowest BCUT2D eigenvalue weighted by Crippen LogP contribution is -2.37. The van der Waals surface area contributed by atoms with E-state index in [0.29, 0.717) is 6.10 Å². The zero-order valence-electron chi connectivity index (χ0n) is 7.18. The van der Waals surface area contributed by atoms with Crippen molar-refractivity contribution >= 4 is 0 Å². The van der Waals surface area contributed by atoms with Gasteiger partial charge in [0.2, 0.25) is 0 Å². The van der Waals surface area contributed by atoms with Crippen LogP contribution in [0.1, 0.15) is 19.8 Å². The molecule has 2 heteroatoms. The van der Waals surface area contributed by atoms with Crippen LogP contribution in [0.5, 0.6) is 0 Å². The monoisotopic (exact) mass is 153 g/mol. The Hall–Kier alpha value is -0.520. The highest BCUT2D eigenvalue weighted by Crippen LogP contribution is 2.28. The van der Waals surface area contributed by atoms with Gasteiger partial charge in [-0.3, -0.25) is 0 Å². The zero-order valence-corrected chi connectivity index (χ0v) is 7.18. The molecular weight excluding hydrogens is 138 g/mol. The van der Waals surface area contributed by atoms with E-state index < -0.39 is 0 Å². The Morgan fingerprint density at radius 3 is 2.91 bits per heavy atom. The van der Waals surface area contributed by atoms with E-state index in [1.54, 1.807) is 0 Å². The molecule has 1 aliphatic rings. The maximum absolute atomic E-state index is 5.64. The third-order valence-corrected chi connectivity index (χ3v) is 2.11. The molecule has 0 saturated carbocycles. The van der Waals surface area contributed by atoms with Crippen molar-refractivity contribution in [2.45, 2.75) is 31.5 Å². The number of likely N-dealkylation sites (N-methyl/N-ethyl adjacent to an activating group) is 1. The summed E-state index contributed by atoms with van der Waals surface area (Å²) in [5, 5.41) is 3.05. The fraction of sp³-hybridized carbons (Fsp3) is 0.778. The second-order valence-electron chi connectivity index (χ2n) is 3.14. The molecule has 2 atom stereocenters. The van der Waals surface area contributed by atoms with Crippen LogP contribution in [0.4, 0.5) is 0 Å². The van der Waals surface area contributed by atoms with Crippen LogP contribution in [0.2, 0.25) is 0 Å². The summed E-state index contributed by atoms with van der Waals surface area (Å²) in [4.78, 5) is 0. The summed E-state index contributed by atoms with van der Waals surface area (Å²) < 4.78 is 5.64. The Balaban J connectivity index is 2.57. The molecule has 0 amide bonds. The Labute approximate surface area is 68.3 Å². The van der Waals surface area contributed by atoms with Gasteiger partial charge in [-0.15, -0.1) is 6.42 Å². The molecule has 0 aromatic carbocycles. The van der Waals surface area contributed by atoms with Crippen molar-refractivity contribution in [1.82, 2.24) is 5.32 Å². The highest BCUT2D eigenvalue weighted by molar-refractivity contribution is 5.12. The Morgan fingerprint density at radius 1 is 1.82 bits per heavy atom. The third-order valence-electron chi connectivity index (χ3n) is 2.11. The minimum atomic E-state index is -0.325. The lowest BCUT2D eigenvalue weighted by Gasteiger charge is -2.22. The zero-order chi connectivity index (χ0) is 8.32. The van der Waals surface area contributed by atoms with Gasteiger partial charge in [0, 0.05) is 6.54 Å². The fourth-order valence-corrected chi connectivity index (χ4v) is 1.51. The molecular formula is C9H15NO. The third kappa shape index (κ3) is 1.74. The van der Waals surface area contributed by atoms with Crippen LogP contribution in [0.25, 0.3) is 0 Å². The number of rotatable bonds is 2. The molecule has 0 radical (unpaired) electrons. The molecule has 1 aliphatic heterocycles. The van der Waals surface area contributed by atoms with Crippen molar-refractivity contribution in [3.8, 4) is 12.3 Å². The van der Waals surface area contributed by atoms with Gasteiger partial charge in [-0.05, 0) is 26.8 Å². The van der Waals surface area contributed by atoms with Gasteiger partial charge in [0.05, 0.1) is 6.10 Å². The SMILES string of the molecule is C#CC1(CNC)CCC(C)O1. The summed E-state index contributed by atoms with van der Waals surface area (Å²) in [6, 6.07) is 0. The van der Waals surface area contributed by atoms with Crippen LogP contribution in [0.15, 0.2) is 0 Å². The first kappa shape index (κ1) is 8.58. The highest BCUT2D eigenvalue weighted by Gasteiger charge is 2.35. The second kappa shape index (κ2) is 3.25. The average Bonchev–Trinajstić information content (AvgIpc) is 2.34. The van der Waals surface area contributed by atoms with Crippen LogP contribution in [-0.2, 0) is 4.74 Å². The van der Waals surface area contributed by atoms with Gasteiger partial charge < -0.3 is 10.1 Å². The summed E-state index contributed by atoms with van der Waals surface area (Å²) >= 11 is 0. The van der Waals surface area contributed by atoms with E-state index in [9.17, 15) is 0 Å². The largest absolute Gasteiger partial charge is 0.358 e. The van der Waals surface area contributed by atoms with Crippen molar-refractivity contribution in [3.05, 3.63) is 0 Å². The predicted molar refractivity (Wildman–Crippen MR) is 45.3 cm³/mol. The van der Waals surface area contributed by atoms with E-state index >= 15 is 0 Å². The van der Waals surface area contributed by atoms with Gasteiger partial charge in [0.1, 0.15) is 5.60 Å². The summed E-state index contributed by atoms with van der Waals surface area (Å²) in [5.41, 5.74) is -0.325. The van der Waals surface area contributed by atoms with Crippen LogP contribution < -0.4 is 5.32 Å². The molecule has 11 heavy (non-hydrogen) atoms. The van der Waals surface area contributed by atoms with E-state index in [1.807, 2.05) is 7.05 Å². The summed E-state index contributed by atoms with van der Waals surface area (Å²) in [5.74, 6) is 2.72. The molecule has 0 spiro atoms. The van der Waals surface area contributed by atoms with Gasteiger partial charge in [-0.1, -0.05) is 5.92 Å². The molecule has 1 saturated heterocycles. The van der Waals surface area contributed by atoms with Gasteiger partial charge >= 0.3 is 0 Å². The molecule has 0 aromatic heterocycles. The molecule has 62 valence electrons. The average molecular weight is 153 g/mol. The topological polar surface area (TPSA) is 21.3 Å². The predicted octanol–water partition coefficient (Wildman–Crippen LogP) is 0.777. The van der Waals surface area contributed by atoms with Crippen LogP contribution in [0.3, 0.4) is 0 Å². The standard InChI is InChI=1S/C9H15NO/c1-4-9(7-10-3)6-5-8(2)11-9/h1,8,10H,5-7H2,2-3H3. The molecule has 2 nitrogen and oxygen atoms in total. The van der Waals surface area contributed by atoms with Crippen LogP contribution >= 0.6 is 0 Å². The van der Waals surface area contributed by atoms with Crippen molar-refractivity contribution in [3.63, 3.8) is 0 Å². The highest BCUT2D eigenvalue weighted by atomic mass is 16.5.